The van der Waals surface area contributed by atoms with E-state index in [0.29, 0.717) is 13.1 Å². The Labute approximate surface area is 206 Å². The minimum atomic E-state index is -0.585. The van der Waals surface area contributed by atoms with Gasteiger partial charge in [0.15, 0.2) is 5.88 Å². The summed E-state index contributed by atoms with van der Waals surface area (Å²) in [6.07, 6.45) is 0.815. The average Bonchev–Trinajstić information content (AvgIpc) is 2.83. The predicted molar refractivity (Wildman–Crippen MR) is 133 cm³/mol. The Bertz CT molecular complexity index is 966. The molecule has 3 N–H and O–H groups in total. The van der Waals surface area contributed by atoms with Gasteiger partial charge < -0.3 is 34.9 Å². The maximum Gasteiger partial charge on any atom is 0.407 e. The zero-order valence-electron chi connectivity index (χ0n) is 21.0. The first-order valence-electron chi connectivity index (χ1n) is 11.3. The third-order valence-electron chi connectivity index (χ3n) is 4.54. The van der Waals surface area contributed by atoms with E-state index in [9.17, 15) is 9.59 Å². The standard InChI is InChI=1S/C26H35N3O6/c1-26(2,3)35-25(31)27-14-15-34-24(29-18-20-8-12-22(33-5)13-9-20)16-23(30)28-17-19-6-10-21(32-4)11-7-19/h6-13,16,29H,14-15,17-18H2,1-5H3,(H,27,31)(H,28,30)/b24-16+. The van der Waals surface area contributed by atoms with Crippen molar-refractivity contribution in [3.8, 4) is 11.5 Å². The van der Waals surface area contributed by atoms with Crippen molar-refractivity contribution in [2.45, 2.75) is 39.5 Å². The number of hydrogen-bond acceptors (Lipinski definition) is 7. The quantitative estimate of drug-likeness (QED) is 0.240. The van der Waals surface area contributed by atoms with Crippen molar-refractivity contribution >= 4 is 12.0 Å². The summed E-state index contributed by atoms with van der Waals surface area (Å²) in [6.45, 7) is 6.51. The van der Waals surface area contributed by atoms with E-state index in [-0.39, 0.29) is 24.9 Å². The minimum Gasteiger partial charge on any atom is -0.497 e. The molecule has 190 valence electrons. The molecule has 0 fully saturated rings. The first kappa shape index (κ1) is 27.4. The number of nitrogens with one attached hydrogen (secondary N) is 3. The number of ether oxygens (including phenoxy) is 4. The van der Waals surface area contributed by atoms with Crippen LogP contribution in [-0.2, 0) is 27.4 Å². The lowest BCUT2D eigenvalue weighted by Gasteiger charge is -2.20. The maximum atomic E-state index is 12.5. The molecule has 0 bridgehead atoms. The molecular weight excluding hydrogens is 450 g/mol. The van der Waals surface area contributed by atoms with Crippen LogP contribution in [0.3, 0.4) is 0 Å². The van der Waals surface area contributed by atoms with Crippen LogP contribution < -0.4 is 25.4 Å². The molecule has 0 heterocycles. The Hall–Kier alpha value is -3.88. The van der Waals surface area contributed by atoms with E-state index in [1.54, 1.807) is 35.0 Å². The van der Waals surface area contributed by atoms with Gasteiger partial charge in [-0.3, -0.25) is 4.79 Å². The molecular formula is C26H35N3O6. The minimum absolute atomic E-state index is 0.145. The van der Waals surface area contributed by atoms with Gasteiger partial charge in [-0.1, -0.05) is 24.3 Å². The molecule has 35 heavy (non-hydrogen) atoms. The van der Waals surface area contributed by atoms with Crippen LogP contribution in [0.5, 0.6) is 11.5 Å². The third kappa shape index (κ3) is 11.2. The average molecular weight is 486 g/mol. The molecule has 2 aromatic carbocycles. The molecule has 0 aliphatic rings. The van der Waals surface area contributed by atoms with Crippen molar-refractivity contribution in [3.05, 3.63) is 71.6 Å². The van der Waals surface area contributed by atoms with Crippen LogP contribution in [0.15, 0.2) is 60.5 Å². The summed E-state index contributed by atoms with van der Waals surface area (Å²) in [5, 5.41) is 8.58. The number of hydrogen-bond donors (Lipinski definition) is 3. The lowest BCUT2D eigenvalue weighted by molar-refractivity contribution is -0.116. The summed E-state index contributed by atoms with van der Waals surface area (Å²) < 4.78 is 21.2. The molecule has 2 amide bonds. The Kier molecular flexibility index (Phi) is 10.7. The van der Waals surface area contributed by atoms with Crippen LogP contribution in [-0.4, -0.2) is 45.0 Å². The number of rotatable bonds is 12. The Balaban J connectivity index is 1.93. The van der Waals surface area contributed by atoms with Crippen molar-refractivity contribution < 1.29 is 28.5 Å². The van der Waals surface area contributed by atoms with Gasteiger partial charge >= 0.3 is 6.09 Å². The molecule has 0 saturated carbocycles. The van der Waals surface area contributed by atoms with E-state index in [4.69, 9.17) is 18.9 Å². The molecule has 0 radical (unpaired) electrons. The molecule has 0 atom stereocenters. The number of benzene rings is 2. The van der Waals surface area contributed by atoms with Crippen LogP contribution in [0.2, 0.25) is 0 Å². The van der Waals surface area contributed by atoms with Gasteiger partial charge in [-0.05, 0) is 56.2 Å². The van der Waals surface area contributed by atoms with Crippen LogP contribution in [0.4, 0.5) is 4.79 Å². The van der Waals surface area contributed by atoms with E-state index >= 15 is 0 Å². The van der Waals surface area contributed by atoms with Crippen molar-refractivity contribution in [1.29, 1.82) is 0 Å². The van der Waals surface area contributed by atoms with Crippen LogP contribution >= 0.6 is 0 Å². The highest BCUT2D eigenvalue weighted by Crippen LogP contribution is 2.12. The zero-order valence-corrected chi connectivity index (χ0v) is 21.0. The van der Waals surface area contributed by atoms with E-state index in [2.05, 4.69) is 16.0 Å². The summed E-state index contributed by atoms with van der Waals surface area (Å²) in [7, 11) is 3.21. The van der Waals surface area contributed by atoms with Gasteiger partial charge in [-0.25, -0.2) is 4.79 Å². The van der Waals surface area contributed by atoms with Gasteiger partial charge in [0.2, 0.25) is 5.91 Å². The predicted octanol–water partition coefficient (Wildman–Crippen LogP) is 3.49. The van der Waals surface area contributed by atoms with E-state index in [0.717, 1.165) is 22.6 Å². The van der Waals surface area contributed by atoms with E-state index < -0.39 is 11.7 Å². The fourth-order valence-corrected chi connectivity index (χ4v) is 2.81. The molecule has 9 heteroatoms. The van der Waals surface area contributed by atoms with Gasteiger partial charge in [-0.2, -0.15) is 0 Å². The number of methoxy groups -OCH3 is 2. The maximum absolute atomic E-state index is 12.5. The highest BCUT2D eigenvalue weighted by Gasteiger charge is 2.15. The second-order valence-corrected chi connectivity index (χ2v) is 8.55. The van der Waals surface area contributed by atoms with Gasteiger partial charge in [0.25, 0.3) is 0 Å². The molecule has 0 aliphatic carbocycles. The monoisotopic (exact) mass is 485 g/mol. The van der Waals surface area contributed by atoms with Gasteiger partial charge in [0.05, 0.1) is 26.8 Å². The summed E-state index contributed by atoms with van der Waals surface area (Å²) >= 11 is 0. The molecule has 9 nitrogen and oxygen atoms in total. The topological polar surface area (TPSA) is 107 Å². The molecule has 2 aromatic rings. The SMILES string of the molecule is COc1ccc(CNC(=O)/C=C(\NCc2ccc(OC)cc2)OCCNC(=O)OC(C)(C)C)cc1. The second-order valence-electron chi connectivity index (χ2n) is 8.55. The number of carbonyl (C=O) groups excluding carboxylic acids is 2. The number of carbonyl (C=O) groups is 2. The van der Waals surface area contributed by atoms with Crippen molar-refractivity contribution in [2.75, 3.05) is 27.4 Å². The Morgan fingerprint density at radius 1 is 0.800 bits per heavy atom. The lowest BCUT2D eigenvalue weighted by atomic mass is 10.2. The first-order chi connectivity index (χ1) is 16.7. The molecule has 0 aliphatic heterocycles. The van der Waals surface area contributed by atoms with Crippen molar-refractivity contribution in [3.63, 3.8) is 0 Å². The van der Waals surface area contributed by atoms with E-state index in [1.165, 1.54) is 6.08 Å². The Morgan fingerprint density at radius 3 is 1.80 bits per heavy atom. The van der Waals surface area contributed by atoms with Crippen LogP contribution in [0.25, 0.3) is 0 Å². The first-order valence-corrected chi connectivity index (χ1v) is 11.3. The van der Waals surface area contributed by atoms with Gasteiger partial charge in [0, 0.05) is 13.1 Å². The van der Waals surface area contributed by atoms with Crippen LogP contribution in [0, 0.1) is 0 Å². The molecule has 0 saturated heterocycles. The fraction of sp³-hybridized carbons (Fsp3) is 0.385. The molecule has 2 rings (SSSR count). The smallest absolute Gasteiger partial charge is 0.407 e. The molecule has 0 aromatic heterocycles. The Morgan fingerprint density at radius 2 is 1.31 bits per heavy atom. The lowest BCUT2D eigenvalue weighted by Crippen LogP contribution is -2.34. The largest absolute Gasteiger partial charge is 0.497 e. The van der Waals surface area contributed by atoms with Crippen molar-refractivity contribution in [2.24, 2.45) is 0 Å². The highest BCUT2D eigenvalue weighted by atomic mass is 16.6. The molecule has 0 unspecified atom stereocenters. The summed E-state index contributed by atoms with van der Waals surface area (Å²) in [5.41, 5.74) is 1.33. The summed E-state index contributed by atoms with van der Waals surface area (Å²) in [4.78, 5) is 24.3. The van der Waals surface area contributed by atoms with Gasteiger partial charge in [0.1, 0.15) is 23.7 Å². The molecule has 0 spiro atoms. The van der Waals surface area contributed by atoms with E-state index in [1.807, 2.05) is 48.5 Å². The highest BCUT2D eigenvalue weighted by molar-refractivity contribution is 5.87. The second kappa shape index (κ2) is 13.7. The van der Waals surface area contributed by atoms with Crippen molar-refractivity contribution in [1.82, 2.24) is 16.0 Å². The number of alkyl carbamates (subject to hydrolysis) is 1. The zero-order chi connectivity index (χ0) is 25.7. The third-order valence-corrected chi connectivity index (χ3v) is 4.54. The summed E-state index contributed by atoms with van der Waals surface area (Å²) in [5.74, 6) is 1.46. The number of amides is 2. The summed E-state index contributed by atoms with van der Waals surface area (Å²) in [6, 6.07) is 15.0. The van der Waals surface area contributed by atoms with Gasteiger partial charge in [-0.15, -0.1) is 0 Å². The normalized spacial score (nSPS) is 11.3. The fourth-order valence-electron chi connectivity index (χ4n) is 2.81. The van der Waals surface area contributed by atoms with Crippen LogP contribution in [0.1, 0.15) is 31.9 Å².